The second kappa shape index (κ2) is 5.12. The molecule has 0 aliphatic heterocycles. The minimum absolute atomic E-state index is 0.196. The number of benzene rings is 1. The van der Waals surface area contributed by atoms with Gasteiger partial charge in [-0.05, 0) is 36.7 Å². The van der Waals surface area contributed by atoms with Gasteiger partial charge in [0.05, 0.1) is 11.4 Å². The average Bonchev–Trinajstić information content (AvgIpc) is 2.25. The summed E-state index contributed by atoms with van der Waals surface area (Å²) in [6, 6.07) is 7.46. The van der Waals surface area contributed by atoms with Crippen molar-refractivity contribution in [2.24, 2.45) is 0 Å². The molecule has 6 heteroatoms. The predicted molar refractivity (Wildman–Crippen MR) is 71.8 cm³/mol. The van der Waals surface area contributed by atoms with Gasteiger partial charge >= 0.3 is 0 Å². The van der Waals surface area contributed by atoms with E-state index in [0.29, 0.717) is 21.4 Å². The zero-order valence-corrected chi connectivity index (χ0v) is 11.3. The van der Waals surface area contributed by atoms with Gasteiger partial charge in [0.1, 0.15) is 5.03 Å². The van der Waals surface area contributed by atoms with Gasteiger partial charge in [-0.25, -0.2) is 9.97 Å². The van der Waals surface area contributed by atoms with E-state index in [-0.39, 0.29) is 5.28 Å². The molecule has 0 fully saturated rings. The lowest BCUT2D eigenvalue weighted by Gasteiger charge is -2.07. The summed E-state index contributed by atoms with van der Waals surface area (Å²) in [5.41, 5.74) is 7.12. The molecule has 0 aliphatic carbocycles. The van der Waals surface area contributed by atoms with Gasteiger partial charge in [0, 0.05) is 9.92 Å². The standard InChI is InChI=1S/C11H9Cl2N3S/c1-6-9(14)10(16-11(13)15-6)17-8-4-2-3-7(12)5-8/h2-5H,14H2,1H3. The molecular formula is C11H9Cl2N3S. The van der Waals surface area contributed by atoms with E-state index in [9.17, 15) is 0 Å². The minimum Gasteiger partial charge on any atom is -0.395 e. The van der Waals surface area contributed by atoms with E-state index in [1.165, 1.54) is 11.8 Å². The molecule has 1 heterocycles. The summed E-state index contributed by atoms with van der Waals surface area (Å²) in [5.74, 6) is 0. The fourth-order valence-electron chi connectivity index (χ4n) is 1.24. The molecule has 2 N–H and O–H groups in total. The zero-order chi connectivity index (χ0) is 12.4. The van der Waals surface area contributed by atoms with Crippen LogP contribution in [0.1, 0.15) is 5.69 Å². The van der Waals surface area contributed by atoms with Crippen molar-refractivity contribution in [2.75, 3.05) is 5.73 Å². The van der Waals surface area contributed by atoms with Crippen molar-refractivity contribution in [2.45, 2.75) is 16.8 Å². The first-order chi connectivity index (χ1) is 8.06. The van der Waals surface area contributed by atoms with E-state index in [1.807, 2.05) is 24.3 Å². The van der Waals surface area contributed by atoms with E-state index in [4.69, 9.17) is 28.9 Å². The fraction of sp³-hybridized carbons (Fsp3) is 0.0909. The van der Waals surface area contributed by atoms with Crippen LogP contribution in [0.5, 0.6) is 0 Å². The van der Waals surface area contributed by atoms with E-state index >= 15 is 0 Å². The van der Waals surface area contributed by atoms with Crippen LogP contribution >= 0.6 is 35.0 Å². The molecule has 0 saturated carbocycles. The molecule has 3 nitrogen and oxygen atoms in total. The van der Waals surface area contributed by atoms with Crippen LogP contribution in [0.25, 0.3) is 0 Å². The smallest absolute Gasteiger partial charge is 0.223 e. The summed E-state index contributed by atoms with van der Waals surface area (Å²) >= 11 is 13.1. The first-order valence-electron chi connectivity index (χ1n) is 4.79. The van der Waals surface area contributed by atoms with Crippen LogP contribution in [-0.4, -0.2) is 9.97 Å². The van der Waals surface area contributed by atoms with Crippen molar-refractivity contribution in [1.29, 1.82) is 0 Å². The highest BCUT2D eigenvalue weighted by Gasteiger charge is 2.09. The van der Waals surface area contributed by atoms with Gasteiger partial charge in [-0.15, -0.1) is 0 Å². The summed E-state index contributed by atoms with van der Waals surface area (Å²) in [6.07, 6.45) is 0. The Morgan fingerprint density at radius 3 is 2.71 bits per heavy atom. The topological polar surface area (TPSA) is 51.8 Å². The van der Waals surface area contributed by atoms with Crippen molar-refractivity contribution in [3.63, 3.8) is 0 Å². The number of nitrogens with two attached hydrogens (primary N) is 1. The maximum Gasteiger partial charge on any atom is 0.223 e. The highest BCUT2D eigenvalue weighted by molar-refractivity contribution is 7.99. The van der Waals surface area contributed by atoms with Crippen LogP contribution in [0.15, 0.2) is 34.2 Å². The van der Waals surface area contributed by atoms with Crippen molar-refractivity contribution >= 4 is 40.7 Å². The molecule has 2 rings (SSSR count). The van der Waals surface area contributed by atoms with Crippen LogP contribution in [-0.2, 0) is 0 Å². The minimum atomic E-state index is 0.196. The molecule has 17 heavy (non-hydrogen) atoms. The van der Waals surface area contributed by atoms with Crippen LogP contribution in [0.2, 0.25) is 10.3 Å². The Bertz CT molecular complexity index is 560. The number of rotatable bonds is 2. The molecule has 0 saturated heterocycles. The summed E-state index contributed by atoms with van der Waals surface area (Å²) < 4.78 is 0. The molecule has 1 aromatic carbocycles. The van der Waals surface area contributed by atoms with Gasteiger partial charge < -0.3 is 5.73 Å². The van der Waals surface area contributed by atoms with Crippen LogP contribution in [0, 0.1) is 6.92 Å². The maximum atomic E-state index is 5.91. The van der Waals surface area contributed by atoms with Crippen molar-refractivity contribution in [1.82, 2.24) is 9.97 Å². The number of aromatic nitrogens is 2. The monoisotopic (exact) mass is 285 g/mol. The molecule has 0 spiro atoms. The molecule has 0 atom stereocenters. The first kappa shape index (κ1) is 12.5. The van der Waals surface area contributed by atoms with Gasteiger partial charge in [0.15, 0.2) is 0 Å². The lowest BCUT2D eigenvalue weighted by molar-refractivity contribution is 1.02. The highest BCUT2D eigenvalue weighted by atomic mass is 35.5. The Labute approximate surface area is 113 Å². The highest BCUT2D eigenvalue weighted by Crippen LogP contribution is 2.33. The third kappa shape index (κ3) is 3.03. The Morgan fingerprint density at radius 1 is 1.24 bits per heavy atom. The lowest BCUT2D eigenvalue weighted by atomic mass is 10.4. The molecule has 0 bridgehead atoms. The number of hydrogen-bond donors (Lipinski definition) is 1. The number of aryl methyl sites for hydroxylation is 1. The molecule has 1 aromatic heterocycles. The summed E-state index contributed by atoms with van der Waals surface area (Å²) in [4.78, 5) is 9.05. The predicted octanol–water partition coefficient (Wildman–Crippen LogP) is 3.83. The third-order valence-electron chi connectivity index (χ3n) is 2.08. The average molecular weight is 286 g/mol. The molecular weight excluding hydrogens is 277 g/mol. The molecule has 0 aliphatic rings. The normalized spacial score (nSPS) is 10.5. The lowest BCUT2D eigenvalue weighted by Crippen LogP contribution is -1.99. The van der Waals surface area contributed by atoms with Crippen molar-refractivity contribution in [3.8, 4) is 0 Å². The van der Waals surface area contributed by atoms with Crippen LogP contribution in [0.4, 0.5) is 5.69 Å². The van der Waals surface area contributed by atoms with Gasteiger partial charge in [-0.1, -0.05) is 29.4 Å². The Balaban J connectivity index is 2.36. The summed E-state index contributed by atoms with van der Waals surface area (Å²) in [7, 11) is 0. The third-order valence-corrected chi connectivity index (χ3v) is 3.48. The van der Waals surface area contributed by atoms with Gasteiger partial charge in [0.2, 0.25) is 5.28 Å². The van der Waals surface area contributed by atoms with Gasteiger partial charge in [0.25, 0.3) is 0 Å². The Hall–Kier alpha value is -0.970. The molecule has 2 aromatic rings. The summed E-state index contributed by atoms with van der Waals surface area (Å²) in [6.45, 7) is 1.80. The molecule has 0 radical (unpaired) electrons. The Morgan fingerprint density at radius 2 is 2.00 bits per heavy atom. The van der Waals surface area contributed by atoms with E-state index in [0.717, 1.165) is 4.90 Å². The number of halogens is 2. The Kier molecular flexibility index (Phi) is 3.76. The first-order valence-corrected chi connectivity index (χ1v) is 6.36. The molecule has 88 valence electrons. The van der Waals surface area contributed by atoms with E-state index in [2.05, 4.69) is 9.97 Å². The van der Waals surface area contributed by atoms with Crippen molar-refractivity contribution in [3.05, 3.63) is 40.3 Å². The van der Waals surface area contributed by atoms with Crippen LogP contribution in [0.3, 0.4) is 0 Å². The number of hydrogen-bond acceptors (Lipinski definition) is 4. The summed E-state index contributed by atoms with van der Waals surface area (Å²) in [5, 5.41) is 1.51. The fourth-order valence-corrected chi connectivity index (χ4v) is 2.70. The largest absolute Gasteiger partial charge is 0.395 e. The number of nitrogens with zero attached hydrogens (tertiary/aromatic N) is 2. The van der Waals surface area contributed by atoms with Gasteiger partial charge in [-0.2, -0.15) is 0 Å². The number of anilines is 1. The van der Waals surface area contributed by atoms with Gasteiger partial charge in [-0.3, -0.25) is 0 Å². The second-order valence-electron chi connectivity index (χ2n) is 3.36. The van der Waals surface area contributed by atoms with E-state index < -0.39 is 0 Å². The van der Waals surface area contributed by atoms with E-state index in [1.54, 1.807) is 6.92 Å². The van der Waals surface area contributed by atoms with Crippen molar-refractivity contribution < 1.29 is 0 Å². The second-order valence-corrected chi connectivity index (χ2v) is 5.19. The molecule has 0 amide bonds. The van der Waals surface area contributed by atoms with Crippen LogP contribution < -0.4 is 5.73 Å². The number of nitrogen functional groups attached to an aromatic ring is 1. The molecule has 0 unspecified atom stereocenters. The quantitative estimate of drug-likeness (QED) is 0.673. The maximum absolute atomic E-state index is 5.91. The zero-order valence-electron chi connectivity index (χ0n) is 8.95. The SMILES string of the molecule is Cc1nc(Cl)nc(Sc2cccc(Cl)c2)c1N.